The molecule has 0 unspecified atom stereocenters. The van der Waals surface area contributed by atoms with E-state index >= 15 is 0 Å². The lowest BCUT2D eigenvalue weighted by Crippen LogP contribution is -2.38. The standard InChI is InChI=1S/C32H31N5O2/c1-4-23-12-8-9-17-28(23)33-32(38)36-21-27-22(2)34-37(25-14-6-5-7-15-25)31(27)35-19-11-18-29(35)30(36)24-13-10-16-26(20-24)39-3/h5-20,30H,4,21H2,1-3H3,(H,33,38)/t30-/m0/s1. The molecule has 2 amide bonds. The summed E-state index contributed by atoms with van der Waals surface area (Å²) < 4.78 is 9.71. The minimum atomic E-state index is -0.361. The molecular weight excluding hydrogens is 486 g/mol. The Balaban J connectivity index is 1.54. The maximum Gasteiger partial charge on any atom is 0.322 e. The SMILES string of the molecule is CCc1ccccc1NC(=O)N1Cc2c(C)nn(-c3ccccc3)c2-n2cccc2[C@@H]1c1cccc(OC)c1. The molecule has 0 spiro atoms. The molecule has 1 aliphatic rings. The fourth-order valence-corrected chi connectivity index (χ4v) is 5.45. The van der Waals surface area contributed by atoms with E-state index in [1.165, 1.54) is 0 Å². The second kappa shape index (κ2) is 10.2. The van der Waals surface area contributed by atoms with Crippen molar-refractivity contribution in [2.75, 3.05) is 12.4 Å². The van der Waals surface area contributed by atoms with E-state index in [1.807, 2.05) is 89.3 Å². The number of rotatable bonds is 5. The van der Waals surface area contributed by atoms with E-state index in [0.717, 1.165) is 57.4 Å². The highest BCUT2D eigenvalue weighted by Gasteiger charge is 2.36. The van der Waals surface area contributed by atoms with E-state index in [0.29, 0.717) is 6.54 Å². The second-order valence-corrected chi connectivity index (χ2v) is 9.69. The van der Waals surface area contributed by atoms with E-state index in [9.17, 15) is 4.79 Å². The van der Waals surface area contributed by atoms with Gasteiger partial charge < -0.3 is 19.5 Å². The number of aryl methyl sites for hydroxylation is 2. The molecule has 0 saturated carbocycles. The second-order valence-electron chi connectivity index (χ2n) is 9.69. The van der Waals surface area contributed by atoms with Crippen molar-refractivity contribution in [2.45, 2.75) is 32.9 Å². The Morgan fingerprint density at radius 2 is 1.79 bits per heavy atom. The molecule has 3 aromatic carbocycles. The zero-order valence-corrected chi connectivity index (χ0v) is 22.3. The monoisotopic (exact) mass is 517 g/mol. The van der Waals surface area contributed by atoms with Gasteiger partial charge in [-0.05, 0) is 66.9 Å². The molecule has 2 aromatic heterocycles. The first kappa shape index (κ1) is 24.6. The number of amides is 2. The number of ether oxygens (including phenoxy) is 1. The van der Waals surface area contributed by atoms with Gasteiger partial charge >= 0.3 is 6.03 Å². The molecule has 1 N–H and O–H groups in total. The number of para-hydroxylation sites is 2. The summed E-state index contributed by atoms with van der Waals surface area (Å²) in [4.78, 5) is 16.1. The molecule has 39 heavy (non-hydrogen) atoms. The normalized spacial score (nSPS) is 14.3. The Morgan fingerprint density at radius 1 is 1.00 bits per heavy atom. The van der Waals surface area contributed by atoms with Gasteiger partial charge in [0.2, 0.25) is 0 Å². The number of carbonyl (C=O) groups is 1. The van der Waals surface area contributed by atoms with Crippen LogP contribution in [-0.2, 0) is 13.0 Å². The van der Waals surface area contributed by atoms with Gasteiger partial charge in [0.1, 0.15) is 11.6 Å². The molecule has 1 aliphatic heterocycles. The summed E-state index contributed by atoms with van der Waals surface area (Å²) in [6.45, 7) is 4.49. The van der Waals surface area contributed by atoms with Gasteiger partial charge in [0.05, 0.1) is 36.8 Å². The number of carbonyl (C=O) groups excluding carboxylic acids is 1. The third-order valence-electron chi connectivity index (χ3n) is 7.40. The van der Waals surface area contributed by atoms with E-state index < -0.39 is 0 Å². The summed E-state index contributed by atoms with van der Waals surface area (Å²) in [7, 11) is 1.66. The van der Waals surface area contributed by atoms with Crippen LogP contribution in [0.25, 0.3) is 11.5 Å². The molecular formula is C32H31N5O2. The van der Waals surface area contributed by atoms with Crippen molar-refractivity contribution in [3.05, 3.63) is 125 Å². The Kier molecular flexibility index (Phi) is 6.40. The average Bonchev–Trinajstić information content (AvgIpc) is 3.54. The van der Waals surface area contributed by atoms with Crippen LogP contribution < -0.4 is 10.1 Å². The Labute approximate surface area is 228 Å². The quantitative estimate of drug-likeness (QED) is 0.283. The smallest absolute Gasteiger partial charge is 0.322 e. The molecule has 0 radical (unpaired) electrons. The predicted octanol–water partition coefficient (Wildman–Crippen LogP) is 6.68. The predicted molar refractivity (Wildman–Crippen MR) is 153 cm³/mol. The van der Waals surface area contributed by atoms with Gasteiger partial charge in [-0.1, -0.05) is 55.5 Å². The maximum absolute atomic E-state index is 14.2. The summed E-state index contributed by atoms with van der Waals surface area (Å²) in [5.41, 5.74) is 6.70. The Bertz CT molecular complexity index is 1640. The zero-order valence-electron chi connectivity index (χ0n) is 22.3. The van der Waals surface area contributed by atoms with Crippen LogP contribution >= 0.6 is 0 Å². The minimum Gasteiger partial charge on any atom is -0.497 e. The number of urea groups is 1. The van der Waals surface area contributed by atoms with Crippen LogP contribution in [0.15, 0.2) is 97.2 Å². The number of benzene rings is 3. The Hall–Kier alpha value is -4.78. The molecule has 6 rings (SSSR count). The van der Waals surface area contributed by atoms with Crippen molar-refractivity contribution in [3.8, 4) is 17.3 Å². The van der Waals surface area contributed by atoms with E-state index in [1.54, 1.807) is 7.11 Å². The van der Waals surface area contributed by atoms with Crippen LogP contribution in [0.3, 0.4) is 0 Å². The number of hydrogen-bond acceptors (Lipinski definition) is 3. The molecule has 0 fully saturated rings. The van der Waals surface area contributed by atoms with Crippen molar-refractivity contribution in [1.82, 2.24) is 19.2 Å². The number of fused-ring (bicyclic) bond motifs is 3. The van der Waals surface area contributed by atoms with Crippen molar-refractivity contribution >= 4 is 11.7 Å². The van der Waals surface area contributed by atoms with Gasteiger partial charge in [0, 0.05) is 17.4 Å². The lowest BCUT2D eigenvalue weighted by molar-refractivity contribution is 0.194. The molecule has 3 heterocycles. The highest BCUT2D eigenvalue weighted by molar-refractivity contribution is 5.91. The highest BCUT2D eigenvalue weighted by atomic mass is 16.5. The number of methoxy groups -OCH3 is 1. The fourth-order valence-electron chi connectivity index (χ4n) is 5.45. The van der Waals surface area contributed by atoms with Crippen molar-refractivity contribution in [2.24, 2.45) is 0 Å². The van der Waals surface area contributed by atoms with Crippen LogP contribution in [0.4, 0.5) is 10.5 Å². The number of hydrogen-bond donors (Lipinski definition) is 1. The van der Waals surface area contributed by atoms with Crippen LogP contribution in [0.2, 0.25) is 0 Å². The topological polar surface area (TPSA) is 64.3 Å². The lowest BCUT2D eigenvalue weighted by atomic mass is 10.0. The van der Waals surface area contributed by atoms with Crippen LogP contribution in [0.5, 0.6) is 5.75 Å². The number of nitrogens with one attached hydrogen (secondary N) is 1. The first-order valence-corrected chi connectivity index (χ1v) is 13.2. The minimum absolute atomic E-state index is 0.170. The molecule has 5 aromatic rings. The number of aromatic nitrogens is 3. The third kappa shape index (κ3) is 4.36. The summed E-state index contributed by atoms with van der Waals surface area (Å²) in [6, 6.07) is 29.6. The number of anilines is 1. The van der Waals surface area contributed by atoms with Crippen LogP contribution in [0.1, 0.15) is 41.0 Å². The first-order valence-electron chi connectivity index (χ1n) is 13.2. The molecule has 7 heteroatoms. The maximum atomic E-state index is 14.2. The highest BCUT2D eigenvalue weighted by Crippen LogP contribution is 2.39. The van der Waals surface area contributed by atoms with Crippen LogP contribution in [-0.4, -0.2) is 32.4 Å². The molecule has 0 bridgehead atoms. The van der Waals surface area contributed by atoms with Gasteiger partial charge in [-0.3, -0.25) is 0 Å². The van der Waals surface area contributed by atoms with Gasteiger partial charge in [-0.15, -0.1) is 0 Å². The Morgan fingerprint density at radius 3 is 2.59 bits per heavy atom. The zero-order chi connectivity index (χ0) is 26.9. The van der Waals surface area contributed by atoms with Crippen molar-refractivity contribution in [3.63, 3.8) is 0 Å². The largest absolute Gasteiger partial charge is 0.497 e. The van der Waals surface area contributed by atoms with Gasteiger partial charge in [0.15, 0.2) is 0 Å². The third-order valence-corrected chi connectivity index (χ3v) is 7.40. The van der Waals surface area contributed by atoms with Crippen LogP contribution in [0, 0.1) is 6.92 Å². The van der Waals surface area contributed by atoms with E-state index in [4.69, 9.17) is 9.84 Å². The first-order chi connectivity index (χ1) is 19.1. The van der Waals surface area contributed by atoms with E-state index in [-0.39, 0.29) is 12.1 Å². The van der Waals surface area contributed by atoms with Gasteiger partial charge in [-0.2, -0.15) is 5.10 Å². The van der Waals surface area contributed by atoms with Crippen molar-refractivity contribution in [1.29, 1.82) is 0 Å². The summed E-state index contributed by atoms with van der Waals surface area (Å²) in [5, 5.41) is 8.15. The lowest BCUT2D eigenvalue weighted by Gasteiger charge is -2.31. The molecule has 0 saturated heterocycles. The van der Waals surface area contributed by atoms with E-state index in [2.05, 4.69) is 41.2 Å². The molecule has 1 atom stereocenters. The van der Waals surface area contributed by atoms with Gasteiger partial charge in [-0.25, -0.2) is 9.48 Å². The summed E-state index contributed by atoms with van der Waals surface area (Å²) in [5.74, 6) is 1.69. The number of nitrogens with zero attached hydrogens (tertiary/aromatic N) is 4. The molecule has 7 nitrogen and oxygen atoms in total. The summed E-state index contributed by atoms with van der Waals surface area (Å²) in [6.07, 6.45) is 2.88. The summed E-state index contributed by atoms with van der Waals surface area (Å²) >= 11 is 0. The fraction of sp³-hybridized carbons (Fsp3) is 0.188. The molecule has 0 aliphatic carbocycles. The average molecular weight is 518 g/mol. The molecule has 196 valence electrons. The van der Waals surface area contributed by atoms with Gasteiger partial charge in [0.25, 0.3) is 0 Å². The van der Waals surface area contributed by atoms with Crippen molar-refractivity contribution < 1.29 is 9.53 Å².